The van der Waals surface area contributed by atoms with Crippen LogP contribution in [0.4, 0.5) is 0 Å². The van der Waals surface area contributed by atoms with Crippen molar-refractivity contribution in [3.8, 4) is 6.07 Å². The number of amides is 1. The molecule has 0 unspecified atom stereocenters. The average Bonchev–Trinajstić information content (AvgIpc) is 2.29. The standard InChI is InChI=1S/C12H21N3O3/c1-3-8-15(10-12(17)18-4-2)9-11(16)14-7-5-6-13/h3-5,7-10H2,1-2H3,(H,14,16). The highest BCUT2D eigenvalue weighted by molar-refractivity contribution is 5.79. The molecule has 0 saturated carbocycles. The van der Waals surface area contributed by atoms with E-state index in [1.807, 2.05) is 13.0 Å². The van der Waals surface area contributed by atoms with E-state index in [4.69, 9.17) is 10.00 Å². The second kappa shape index (κ2) is 10.5. The molecule has 0 fully saturated rings. The quantitative estimate of drug-likeness (QED) is 0.473. The maximum atomic E-state index is 11.5. The lowest BCUT2D eigenvalue weighted by Crippen LogP contribution is -2.40. The number of nitrogens with one attached hydrogen (secondary N) is 1. The molecule has 102 valence electrons. The third-order valence-electron chi connectivity index (χ3n) is 2.12. The maximum Gasteiger partial charge on any atom is 0.320 e. The van der Waals surface area contributed by atoms with Gasteiger partial charge >= 0.3 is 5.97 Å². The predicted octanol–water partition coefficient (Wildman–Crippen LogP) is 0.291. The molecule has 0 aromatic heterocycles. The zero-order chi connectivity index (χ0) is 13.8. The Morgan fingerprint density at radius 2 is 2.06 bits per heavy atom. The third-order valence-corrected chi connectivity index (χ3v) is 2.12. The number of nitriles is 1. The lowest BCUT2D eigenvalue weighted by molar-refractivity contribution is -0.144. The molecule has 18 heavy (non-hydrogen) atoms. The van der Waals surface area contributed by atoms with E-state index < -0.39 is 0 Å². The number of carbonyl (C=O) groups is 2. The van der Waals surface area contributed by atoms with Crippen LogP contribution >= 0.6 is 0 Å². The van der Waals surface area contributed by atoms with Gasteiger partial charge in [-0.3, -0.25) is 14.5 Å². The van der Waals surface area contributed by atoms with E-state index in [0.717, 1.165) is 6.42 Å². The Bertz CT molecular complexity index is 299. The maximum absolute atomic E-state index is 11.5. The number of rotatable bonds is 9. The third kappa shape index (κ3) is 8.53. The van der Waals surface area contributed by atoms with Crippen molar-refractivity contribution < 1.29 is 14.3 Å². The summed E-state index contributed by atoms with van der Waals surface area (Å²) in [5.74, 6) is -0.501. The van der Waals surface area contributed by atoms with E-state index >= 15 is 0 Å². The van der Waals surface area contributed by atoms with Gasteiger partial charge < -0.3 is 10.1 Å². The molecule has 0 aromatic carbocycles. The van der Waals surface area contributed by atoms with E-state index in [9.17, 15) is 9.59 Å². The zero-order valence-electron chi connectivity index (χ0n) is 11.1. The fraction of sp³-hybridized carbons (Fsp3) is 0.750. The molecule has 0 aliphatic carbocycles. The van der Waals surface area contributed by atoms with E-state index in [1.54, 1.807) is 11.8 Å². The van der Waals surface area contributed by atoms with Crippen molar-refractivity contribution in [1.29, 1.82) is 5.26 Å². The Morgan fingerprint density at radius 1 is 1.33 bits per heavy atom. The van der Waals surface area contributed by atoms with Crippen molar-refractivity contribution in [3.63, 3.8) is 0 Å². The number of hydrogen-bond acceptors (Lipinski definition) is 5. The van der Waals surface area contributed by atoms with Crippen LogP contribution in [0, 0.1) is 11.3 Å². The SMILES string of the molecule is CCCN(CC(=O)NCCC#N)CC(=O)OCC. The van der Waals surface area contributed by atoms with Crippen molar-refractivity contribution in [1.82, 2.24) is 10.2 Å². The molecule has 0 heterocycles. The first-order valence-corrected chi connectivity index (χ1v) is 6.15. The van der Waals surface area contributed by atoms with Gasteiger partial charge in [-0.15, -0.1) is 0 Å². The molecule has 0 aliphatic heterocycles. The number of esters is 1. The summed E-state index contributed by atoms with van der Waals surface area (Å²) in [7, 11) is 0. The minimum Gasteiger partial charge on any atom is -0.465 e. The van der Waals surface area contributed by atoms with Crippen LogP contribution in [0.25, 0.3) is 0 Å². The molecule has 1 amide bonds. The van der Waals surface area contributed by atoms with Crippen LogP contribution in [0.3, 0.4) is 0 Å². The predicted molar refractivity (Wildman–Crippen MR) is 66.6 cm³/mol. The van der Waals surface area contributed by atoms with Crippen LogP contribution in [0.5, 0.6) is 0 Å². The second-order valence-electron chi connectivity index (χ2n) is 3.77. The number of carbonyl (C=O) groups excluding carboxylic acids is 2. The lowest BCUT2D eigenvalue weighted by Gasteiger charge is -2.19. The first-order chi connectivity index (χ1) is 8.63. The van der Waals surface area contributed by atoms with Gasteiger partial charge in [0.1, 0.15) is 0 Å². The molecule has 0 saturated heterocycles. The molecule has 0 atom stereocenters. The van der Waals surface area contributed by atoms with Gasteiger partial charge in [0.15, 0.2) is 0 Å². The molecular weight excluding hydrogens is 234 g/mol. The molecule has 0 radical (unpaired) electrons. The smallest absolute Gasteiger partial charge is 0.320 e. The average molecular weight is 255 g/mol. The van der Waals surface area contributed by atoms with Crippen molar-refractivity contribution in [2.24, 2.45) is 0 Å². The fourth-order valence-electron chi connectivity index (χ4n) is 1.44. The van der Waals surface area contributed by atoms with Crippen LogP contribution in [0.1, 0.15) is 26.7 Å². The van der Waals surface area contributed by atoms with Gasteiger partial charge in [0.25, 0.3) is 0 Å². The largest absolute Gasteiger partial charge is 0.465 e. The molecule has 0 aromatic rings. The summed E-state index contributed by atoms with van der Waals surface area (Å²) >= 11 is 0. The Morgan fingerprint density at radius 3 is 2.61 bits per heavy atom. The zero-order valence-corrected chi connectivity index (χ0v) is 11.1. The highest BCUT2D eigenvalue weighted by Gasteiger charge is 2.14. The normalized spacial score (nSPS) is 9.89. The van der Waals surface area contributed by atoms with E-state index in [0.29, 0.717) is 19.7 Å². The Kier molecular flexibility index (Phi) is 9.60. The Balaban J connectivity index is 4.05. The minimum atomic E-state index is -0.323. The highest BCUT2D eigenvalue weighted by Crippen LogP contribution is 1.93. The first kappa shape index (κ1) is 16.4. The summed E-state index contributed by atoms with van der Waals surface area (Å²) < 4.78 is 4.84. The molecule has 6 nitrogen and oxygen atoms in total. The number of hydrogen-bond donors (Lipinski definition) is 1. The Hall–Kier alpha value is -1.61. The van der Waals surface area contributed by atoms with E-state index in [-0.39, 0.29) is 31.4 Å². The first-order valence-electron chi connectivity index (χ1n) is 6.15. The van der Waals surface area contributed by atoms with Crippen molar-refractivity contribution in [3.05, 3.63) is 0 Å². The summed E-state index contributed by atoms with van der Waals surface area (Å²) in [4.78, 5) is 24.6. The molecule has 6 heteroatoms. The molecule has 0 aliphatic rings. The topological polar surface area (TPSA) is 82.4 Å². The van der Waals surface area contributed by atoms with Gasteiger partial charge in [0, 0.05) is 6.54 Å². The number of ether oxygens (including phenoxy) is 1. The highest BCUT2D eigenvalue weighted by atomic mass is 16.5. The van der Waals surface area contributed by atoms with E-state index in [1.165, 1.54) is 0 Å². The summed E-state index contributed by atoms with van der Waals surface area (Å²) in [6.45, 7) is 5.33. The molecule has 0 spiro atoms. The van der Waals surface area contributed by atoms with Gasteiger partial charge in [0.05, 0.1) is 32.2 Å². The lowest BCUT2D eigenvalue weighted by atomic mass is 10.3. The van der Waals surface area contributed by atoms with Crippen molar-refractivity contribution in [2.75, 3.05) is 32.8 Å². The van der Waals surface area contributed by atoms with Crippen molar-refractivity contribution in [2.45, 2.75) is 26.7 Å². The van der Waals surface area contributed by atoms with Crippen molar-refractivity contribution >= 4 is 11.9 Å². The molecule has 1 N–H and O–H groups in total. The van der Waals surface area contributed by atoms with Crippen LogP contribution in [-0.4, -0.2) is 49.6 Å². The number of nitrogens with zero attached hydrogens (tertiary/aromatic N) is 2. The van der Waals surface area contributed by atoms with Crippen LogP contribution < -0.4 is 5.32 Å². The van der Waals surface area contributed by atoms with Gasteiger partial charge in [0.2, 0.25) is 5.91 Å². The van der Waals surface area contributed by atoms with Crippen LogP contribution in [0.15, 0.2) is 0 Å². The van der Waals surface area contributed by atoms with Crippen LogP contribution in [0.2, 0.25) is 0 Å². The molecule has 0 bridgehead atoms. The molecular formula is C12H21N3O3. The van der Waals surface area contributed by atoms with Gasteiger partial charge in [-0.2, -0.15) is 5.26 Å². The van der Waals surface area contributed by atoms with Gasteiger partial charge in [-0.05, 0) is 19.9 Å². The summed E-state index contributed by atoms with van der Waals surface area (Å²) in [5, 5.41) is 11.0. The van der Waals surface area contributed by atoms with Crippen LogP contribution in [-0.2, 0) is 14.3 Å². The summed E-state index contributed by atoms with van der Waals surface area (Å²) in [6, 6.07) is 1.95. The summed E-state index contributed by atoms with van der Waals surface area (Å²) in [5.41, 5.74) is 0. The molecule has 0 rings (SSSR count). The van der Waals surface area contributed by atoms with Gasteiger partial charge in [-0.25, -0.2) is 0 Å². The minimum absolute atomic E-state index is 0.118. The van der Waals surface area contributed by atoms with E-state index in [2.05, 4.69) is 5.32 Å². The monoisotopic (exact) mass is 255 g/mol. The van der Waals surface area contributed by atoms with Gasteiger partial charge in [-0.1, -0.05) is 6.92 Å². The second-order valence-corrected chi connectivity index (χ2v) is 3.77. The summed E-state index contributed by atoms with van der Waals surface area (Å²) in [6.07, 6.45) is 1.14. The Labute approximate surface area is 108 Å². The fourth-order valence-corrected chi connectivity index (χ4v) is 1.44.